The summed E-state index contributed by atoms with van der Waals surface area (Å²) in [6.07, 6.45) is 0. The van der Waals surface area contributed by atoms with Gasteiger partial charge in [0.1, 0.15) is 11.6 Å². The molecule has 1 aliphatic rings. The van der Waals surface area contributed by atoms with Gasteiger partial charge in [-0.1, -0.05) is 24.3 Å². The molecule has 0 unspecified atom stereocenters. The highest BCUT2D eigenvalue weighted by Crippen LogP contribution is 2.18. The van der Waals surface area contributed by atoms with E-state index in [4.69, 9.17) is 4.74 Å². The molecule has 0 aromatic heterocycles. The maximum absolute atomic E-state index is 13.4. The minimum Gasteiger partial charge on any atom is -0.379 e. The first-order chi connectivity index (χ1) is 11.1. The molecule has 1 saturated heterocycles. The number of morpholine rings is 1. The molecule has 0 N–H and O–H groups in total. The summed E-state index contributed by atoms with van der Waals surface area (Å²) in [6, 6.07) is 10.1. The zero-order valence-corrected chi connectivity index (χ0v) is 12.6. The number of hydrogen-bond donors (Lipinski definition) is 0. The van der Waals surface area contributed by atoms with Crippen LogP contribution in [0.15, 0.2) is 42.5 Å². The molecule has 0 saturated carbocycles. The molecule has 0 bridgehead atoms. The average molecular weight is 317 g/mol. The summed E-state index contributed by atoms with van der Waals surface area (Å²) in [5.74, 6) is -1.87. The van der Waals surface area contributed by atoms with Crippen LogP contribution in [0.25, 0.3) is 0 Å². The van der Waals surface area contributed by atoms with Gasteiger partial charge in [0, 0.05) is 36.8 Å². The van der Waals surface area contributed by atoms with Crippen molar-refractivity contribution >= 4 is 5.78 Å². The number of carbonyl (C=O) groups is 1. The van der Waals surface area contributed by atoms with E-state index in [1.807, 2.05) is 12.1 Å². The number of ether oxygens (including phenoxy) is 1. The third-order valence-corrected chi connectivity index (χ3v) is 3.88. The zero-order valence-electron chi connectivity index (χ0n) is 12.6. The second-order valence-electron chi connectivity index (χ2n) is 5.53. The molecule has 23 heavy (non-hydrogen) atoms. The Labute approximate surface area is 133 Å². The van der Waals surface area contributed by atoms with E-state index >= 15 is 0 Å². The fourth-order valence-corrected chi connectivity index (χ4v) is 2.72. The first-order valence-corrected chi connectivity index (χ1v) is 7.52. The number of halogens is 2. The zero-order chi connectivity index (χ0) is 16.2. The van der Waals surface area contributed by atoms with Crippen molar-refractivity contribution in [3.63, 3.8) is 0 Å². The van der Waals surface area contributed by atoms with Crippen LogP contribution in [0.4, 0.5) is 8.78 Å². The Morgan fingerprint density at radius 2 is 1.70 bits per heavy atom. The Morgan fingerprint density at radius 1 is 1.04 bits per heavy atom. The van der Waals surface area contributed by atoms with Gasteiger partial charge >= 0.3 is 0 Å². The molecule has 0 radical (unpaired) electrons. The summed E-state index contributed by atoms with van der Waals surface area (Å²) >= 11 is 0. The van der Waals surface area contributed by atoms with Gasteiger partial charge < -0.3 is 4.74 Å². The van der Waals surface area contributed by atoms with E-state index in [2.05, 4.69) is 4.90 Å². The standard InChI is InChI=1S/C18H17F2NO2/c19-15-9-14(10-16(20)11-15)18(22)17-4-2-1-3-13(17)12-21-5-7-23-8-6-21/h1-4,9-11H,5-8,12H2. The average Bonchev–Trinajstić information content (AvgIpc) is 2.55. The molecule has 0 amide bonds. The van der Waals surface area contributed by atoms with Gasteiger partial charge in [0.05, 0.1) is 13.2 Å². The highest BCUT2D eigenvalue weighted by Gasteiger charge is 2.18. The minimum atomic E-state index is -0.751. The van der Waals surface area contributed by atoms with Crippen molar-refractivity contribution in [1.82, 2.24) is 4.90 Å². The fraction of sp³-hybridized carbons (Fsp3) is 0.278. The molecule has 0 atom stereocenters. The van der Waals surface area contributed by atoms with Crippen LogP contribution in [0.5, 0.6) is 0 Å². The van der Waals surface area contributed by atoms with E-state index in [9.17, 15) is 13.6 Å². The normalized spacial score (nSPS) is 15.6. The molecule has 0 aliphatic carbocycles. The Hall–Kier alpha value is -2.11. The van der Waals surface area contributed by atoms with Crippen molar-refractivity contribution in [2.24, 2.45) is 0 Å². The molecule has 2 aromatic carbocycles. The van der Waals surface area contributed by atoms with Gasteiger partial charge in [-0.2, -0.15) is 0 Å². The Kier molecular flexibility index (Phi) is 4.79. The maximum Gasteiger partial charge on any atom is 0.193 e. The molecule has 2 aromatic rings. The molecular weight excluding hydrogens is 300 g/mol. The predicted molar refractivity (Wildman–Crippen MR) is 82.3 cm³/mol. The quantitative estimate of drug-likeness (QED) is 0.812. The summed E-state index contributed by atoms with van der Waals surface area (Å²) < 4.78 is 32.0. The van der Waals surface area contributed by atoms with Crippen molar-refractivity contribution in [2.45, 2.75) is 6.54 Å². The lowest BCUT2D eigenvalue weighted by Crippen LogP contribution is -2.36. The monoisotopic (exact) mass is 317 g/mol. The van der Waals surface area contributed by atoms with Crippen LogP contribution in [0.2, 0.25) is 0 Å². The second-order valence-corrected chi connectivity index (χ2v) is 5.53. The molecule has 3 nitrogen and oxygen atoms in total. The van der Waals surface area contributed by atoms with Gasteiger partial charge in [-0.3, -0.25) is 9.69 Å². The summed E-state index contributed by atoms with van der Waals surface area (Å²) in [4.78, 5) is 14.8. The van der Waals surface area contributed by atoms with Crippen molar-refractivity contribution in [3.8, 4) is 0 Å². The van der Waals surface area contributed by atoms with Crippen LogP contribution in [0, 0.1) is 11.6 Å². The number of carbonyl (C=O) groups excluding carboxylic acids is 1. The van der Waals surface area contributed by atoms with Gasteiger partial charge in [0.25, 0.3) is 0 Å². The lowest BCUT2D eigenvalue weighted by molar-refractivity contribution is 0.0341. The van der Waals surface area contributed by atoms with Gasteiger partial charge in [0.15, 0.2) is 5.78 Å². The topological polar surface area (TPSA) is 29.5 Å². The van der Waals surface area contributed by atoms with Crippen LogP contribution in [0.1, 0.15) is 21.5 Å². The molecule has 3 rings (SSSR count). The van der Waals surface area contributed by atoms with E-state index in [0.717, 1.165) is 36.9 Å². The maximum atomic E-state index is 13.4. The van der Waals surface area contributed by atoms with Crippen LogP contribution >= 0.6 is 0 Å². The number of rotatable bonds is 4. The van der Waals surface area contributed by atoms with Crippen molar-refractivity contribution < 1.29 is 18.3 Å². The largest absolute Gasteiger partial charge is 0.379 e. The Balaban J connectivity index is 1.88. The molecule has 1 aliphatic heterocycles. The van der Waals surface area contributed by atoms with Gasteiger partial charge in [-0.15, -0.1) is 0 Å². The summed E-state index contributed by atoms with van der Waals surface area (Å²) in [5.41, 5.74) is 1.35. The summed E-state index contributed by atoms with van der Waals surface area (Å²) in [6.45, 7) is 3.56. The fourth-order valence-electron chi connectivity index (χ4n) is 2.72. The predicted octanol–water partition coefficient (Wildman–Crippen LogP) is 3.03. The second kappa shape index (κ2) is 6.98. The molecule has 0 spiro atoms. The van der Waals surface area contributed by atoms with E-state index in [1.165, 1.54) is 0 Å². The smallest absolute Gasteiger partial charge is 0.193 e. The van der Waals surface area contributed by atoms with E-state index in [-0.39, 0.29) is 11.3 Å². The lowest BCUT2D eigenvalue weighted by Gasteiger charge is -2.27. The van der Waals surface area contributed by atoms with E-state index in [0.29, 0.717) is 25.3 Å². The minimum absolute atomic E-state index is 0.0249. The Bertz CT molecular complexity index is 692. The third-order valence-electron chi connectivity index (χ3n) is 3.88. The first-order valence-electron chi connectivity index (χ1n) is 7.52. The van der Waals surface area contributed by atoms with Gasteiger partial charge in [-0.05, 0) is 17.7 Å². The molecule has 1 heterocycles. The Morgan fingerprint density at radius 3 is 2.39 bits per heavy atom. The van der Waals surface area contributed by atoms with E-state index in [1.54, 1.807) is 12.1 Å². The summed E-state index contributed by atoms with van der Waals surface area (Å²) in [7, 11) is 0. The number of nitrogens with zero attached hydrogens (tertiary/aromatic N) is 1. The van der Waals surface area contributed by atoms with Crippen LogP contribution in [0.3, 0.4) is 0 Å². The molecular formula is C18H17F2NO2. The molecule has 5 heteroatoms. The summed E-state index contributed by atoms with van der Waals surface area (Å²) in [5, 5.41) is 0. The van der Waals surface area contributed by atoms with Crippen molar-refractivity contribution in [3.05, 3.63) is 70.8 Å². The van der Waals surface area contributed by atoms with Crippen molar-refractivity contribution in [2.75, 3.05) is 26.3 Å². The lowest BCUT2D eigenvalue weighted by atomic mass is 9.97. The molecule has 120 valence electrons. The first kappa shape index (κ1) is 15.8. The van der Waals surface area contributed by atoms with Crippen molar-refractivity contribution in [1.29, 1.82) is 0 Å². The highest BCUT2D eigenvalue weighted by molar-refractivity contribution is 6.09. The number of hydrogen-bond acceptors (Lipinski definition) is 3. The number of ketones is 1. The molecule has 1 fully saturated rings. The highest BCUT2D eigenvalue weighted by atomic mass is 19.1. The SMILES string of the molecule is O=C(c1cc(F)cc(F)c1)c1ccccc1CN1CCOCC1. The van der Waals surface area contributed by atoms with Crippen LogP contribution in [-0.2, 0) is 11.3 Å². The van der Waals surface area contributed by atoms with Crippen LogP contribution in [-0.4, -0.2) is 37.0 Å². The van der Waals surface area contributed by atoms with E-state index < -0.39 is 11.6 Å². The van der Waals surface area contributed by atoms with Gasteiger partial charge in [0.2, 0.25) is 0 Å². The number of benzene rings is 2. The van der Waals surface area contributed by atoms with Gasteiger partial charge in [-0.25, -0.2) is 8.78 Å². The van der Waals surface area contributed by atoms with Crippen LogP contribution < -0.4 is 0 Å². The third kappa shape index (κ3) is 3.81.